The molecule has 1 fully saturated rings. The Morgan fingerprint density at radius 3 is 3.17 bits per heavy atom. The molecule has 1 unspecified atom stereocenters. The van der Waals surface area contributed by atoms with Crippen LogP contribution in [0.4, 0.5) is 0 Å². The number of nitrogens with zero attached hydrogens (tertiary/aromatic N) is 3. The molecule has 0 saturated carbocycles. The molecule has 0 bridgehead atoms. The first-order valence-corrected chi connectivity index (χ1v) is 6.04. The maximum absolute atomic E-state index is 11.1. The van der Waals surface area contributed by atoms with Gasteiger partial charge in [-0.25, -0.2) is 14.3 Å². The molecule has 0 spiro atoms. The summed E-state index contributed by atoms with van der Waals surface area (Å²) < 4.78 is 1.65. The minimum Gasteiger partial charge on any atom is -0.477 e. The highest BCUT2D eigenvalue weighted by molar-refractivity contribution is 5.94. The number of rotatable bonds is 2. The van der Waals surface area contributed by atoms with Gasteiger partial charge in [0, 0.05) is 18.7 Å². The summed E-state index contributed by atoms with van der Waals surface area (Å²) in [7, 11) is 0. The van der Waals surface area contributed by atoms with Gasteiger partial charge in [-0.05, 0) is 25.5 Å². The summed E-state index contributed by atoms with van der Waals surface area (Å²) in [5.74, 6) is -0.623. The molecule has 0 radical (unpaired) electrons. The zero-order chi connectivity index (χ0) is 12.5. The molecule has 3 heterocycles. The minimum absolute atomic E-state index is 0.153. The Morgan fingerprint density at radius 1 is 1.56 bits per heavy atom. The lowest BCUT2D eigenvalue weighted by Gasteiger charge is -2.23. The maximum Gasteiger partial charge on any atom is 0.341 e. The van der Waals surface area contributed by atoms with Gasteiger partial charge in [-0.15, -0.1) is 0 Å². The van der Waals surface area contributed by atoms with Gasteiger partial charge in [0.05, 0.1) is 11.9 Å². The summed E-state index contributed by atoms with van der Waals surface area (Å²) in [6, 6.07) is 1.92. The summed E-state index contributed by atoms with van der Waals surface area (Å²) >= 11 is 0. The van der Waals surface area contributed by atoms with Gasteiger partial charge in [0.2, 0.25) is 0 Å². The van der Waals surface area contributed by atoms with Crippen LogP contribution in [0.25, 0.3) is 5.65 Å². The number of nitrogens with one attached hydrogen (secondary N) is 1. The van der Waals surface area contributed by atoms with Crippen molar-refractivity contribution in [3.63, 3.8) is 0 Å². The lowest BCUT2D eigenvalue weighted by Crippen LogP contribution is -2.29. The Hall–Kier alpha value is -1.95. The van der Waals surface area contributed by atoms with E-state index in [0.717, 1.165) is 31.6 Å². The highest BCUT2D eigenvalue weighted by Gasteiger charge is 2.20. The van der Waals surface area contributed by atoms with E-state index in [2.05, 4.69) is 15.4 Å². The second-order valence-electron chi connectivity index (χ2n) is 4.51. The number of hydrogen-bond donors (Lipinski definition) is 2. The molecular weight excluding hydrogens is 232 g/mol. The van der Waals surface area contributed by atoms with Gasteiger partial charge in [-0.1, -0.05) is 0 Å². The smallest absolute Gasteiger partial charge is 0.341 e. The lowest BCUT2D eigenvalue weighted by atomic mass is 9.96. The van der Waals surface area contributed by atoms with E-state index < -0.39 is 5.97 Å². The molecule has 6 nitrogen and oxygen atoms in total. The van der Waals surface area contributed by atoms with E-state index in [1.54, 1.807) is 10.7 Å². The van der Waals surface area contributed by atoms with Gasteiger partial charge in [-0.3, -0.25) is 0 Å². The number of carboxylic acids is 1. The zero-order valence-electron chi connectivity index (χ0n) is 9.83. The molecule has 18 heavy (non-hydrogen) atoms. The molecule has 3 rings (SSSR count). The number of hydrogen-bond acceptors (Lipinski definition) is 4. The molecule has 0 aromatic carbocycles. The molecular formula is C12H14N4O2. The highest BCUT2D eigenvalue weighted by atomic mass is 16.4. The summed E-state index contributed by atoms with van der Waals surface area (Å²) in [5.41, 5.74) is 1.60. The Bertz CT molecular complexity index is 587. The van der Waals surface area contributed by atoms with Gasteiger partial charge in [-0.2, -0.15) is 5.10 Å². The van der Waals surface area contributed by atoms with Crippen LogP contribution in [0, 0.1) is 0 Å². The van der Waals surface area contributed by atoms with Gasteiger partial charge < -0.3 is 10.4 Å². The molecule has 1 aliphatic heterocycles. The van der Waals surface area contributed by atoms with Crippen molar-refractivity contribution in [1.82, 2.24) is 19.9 Å². The fourth-order valence-corrected chi connectivity index (χ4v) is 2.47. The van der Waals surface area contributed by atoms with Crippen LogP contribution in [0.5, 0.6) is 0 Å². The van der Waals surface area contributed by atoms with E-state index in [9.17, 15) is 4.79 Å². The van der Waals surface area contributed by atoms with Crippen molar-refractivity contribution in [2.75, 3.05) is 13.1 Å². The third kappa shape index (κ3) is 1.74. The topological polar surface area (TPSA) is 79.5 Å². The Labute approximate surface area is 104 Å². The third-order valence-corrected chi connectivity index (χ3v) is 3.38. The predicted octanol–water partition coefficient (Wildman–Crippen LogP) is 0.894. The lowest BCUT2D eigenvalue weighted by molar-refractivity contribution is 0.0699. The van der Waals surface area contributed by atoms with E-state index >= 15 is 0 Å². The number of fused-ring (bicyclic) bond motifs is 1. The fraction of sp³-hybridized carbons (Fsp3) is 0.417. The molecule has 0 amide bonds. The predicted molar refractivity (Wildman–Crippen MR) is 64.8 cm³/mol. The van der Waals surface area contributed by atoms with Crippen molar-refractivity contribution < 1.29 is 9.90 Å². The van der Waals surface area contributed by atoms with Crippen molar-refractivity contribution in [3.8, 4) is 0 Å². The van der Waals surface area contributed by atoms with E-state index in [4.69, 9.17) is 5.11 Å². The Balaban J connectivity index is 2.09. The van der Waals surface area contributed by atoms with E-state index in [-0.39, 0.29) is 5.56 Å². The molecule has 94 valence electrons. The molecule has 1 aliphatic rings. The SMILES string of the molecule is O=C(O)c1cnn2c(C3CCCNC3)ccnc12. The zero-order valence-corrected chi connectivity index (χ0v) is 9.83. The van der Waals surface area contributed by atoms with Crippen LogP contribution in [0.3, 0.4) is 0 Å². The van der Waals surface area contributed by atoms with Crippen LogP contribution < -0.4 is 5.32 Å². The number of piperidine rings is 1. The second-order valence-corrected chi connectivity index (χ2v) is 4.51. The van der Waals surface area contributed by atoms with Gasteiger partial charge >= 0.3 is 5.97 Å². The molecule has 0 aliphatic carbocycles. The van der Waals surface area contributed by atoms with Crippen LogP contribution >= 0.6 is 0 Å². The van der Waals surface area contributed by atoms with E-state index in [1.165, 1.54) is 6.20 Å². The minimum atomic E-state index is -0.989. The quantitative estimate of drug-likeness (QED) is 0.822. The molecule has 2 aromatic rings. The van der Waals surface area contributed by atoms with Gasteiger partial charge in [0.1, 0.15) is 5.56 Å². The van der Waals surface area contributed by atoms with E-state index in [1.807, 2.05) is 6.07 Å². The molecule has 6 heteroatoms. The number of aromatic carboxylic acids is 1. The summed E-state index contributed by atoms with van der Waals surface area (Å²) in [6.45, 7) is 1.95. The standard InChI is InChI=1S/C12H14N4O2/c17-12(18)9-7-15-16-10(3-5-14-11(9)16)8-2-1-4-13-6-8/h3,5,7-8,13H,1-2,4,6H2,(H,17,18). The number of carbonyl (C=O) groups is 1. The van der Waals surface area contributed by atoms with Gasteiger partial charge in [0.25, 0.3) is 0 Å². The maximum atomic E-state index is 11.1. The van der Waals surface area contributed by atoms with Crippen LogP contribution in [-0.2, 0) is 0 Å². The number of carboxylic acid groups (broad SMARTS) is 1. The first kappa shape index (κ1) is 11.2. The van der Waals surface area contributed by atoms with E-state index in [0.29, 0.717) is 11.6 Å². The summed E-state index contributed by atoms with van der Waals surface area (Å²) in [5, 5.41) is 16.6. The molecule has 1 saturated heterocycles. The summed E-state index contributed by atoms with van der Waals surface area (Å²) in [6.07, 6.45) is 5.24. The Morgan fingerprint density at radius 2 is 2.44 bits per heavy atom. The van der Waals surface area contributed by atoms with Crippen LogP contribution in [-0.4, -0.2) is 38.8 Å². The van der Waals surface area contributed by atoms with Crippen LogP contribution in [0.15, 0.2) is 18.5 Å². The van der Waals surface area contributed by atoms with Crippen molar-refractivity contribution in [3.05, 3.63) is 29.7 Å². The largest absolute Gasteiger partial charge is 0.477 e. The van der Waals surface area contributed by atoms with Crippen molar-refractivity contribution >= 4 is 11.6 Å². The average Bonchev–Trinajstić information content (AvgIpc) is 2.83. The summed E-state index contributed by atoms with van der Waals surface area (Å²) in [4.78, 5) is 15.2. The van der Waals surface area contributed by atoms with Crippen molar-refractivity contribution in [2.24, 2.45) is 0 Å². The monoisotopic (exact) mass is 246 g/mol. The first-order chi connectivity index (χ1) is 8.77. The Kier molecular flexibility index (Phi) is 2.71. The van der Waals surface area contributed by atoms with Crippen molar-refractivity contribution in [1.29, 1.82) is 0 Å². The molecule has 2 aromatic heterocycles. The first-order valence-electron chi connectivity index (χ1n) is 6.04. The average molecular weight is 246 g/mol. The fourth-order valence-electron chi connectivity index (χ4n) is 2.47. The normalized spacial score (nSPS) is 20.1. The van der Waals surface area contributed by atoms with Gasteiger partial charge in [0.15, 0.2) is 5.65 Å². The second kappa shape index (κ2) is 4.38. The van der Waals surface area contributed by atoms with Crippen LogP contribution in [0.2, 0.25) is 0 Å². The number of aromatic nitrogens is 3. The molecule has 2 N–H and O–H groups in total. The third-order valence-electron chi connectivity index (χ3n) is 3.38. The molecule has 1 atom stereocenters. The highest BCUT2D eigenvalue weighted by Crippen LogP contribution is 2.23. The van der Waals surface area contributed by atoms with Crippen LogP contribution in [0.1, 0.15) is 34.8 Å². The van der Waals surface area contributed by atoms with Crippen molar-refractivity contribution in [2.45, 2.75) is 18.8 Å².